The molecule has 0 radical (unpaired) electrons. The molecule has 432 valence electrons. The molecule has 0 bridgehead atoms. The number of carbonyl (C=O) groups excluding carboxylic acids is 4. The second-order valence-corrected chi connectivity index (χ2v) is 22.6. The molecular formula is C49H99N7O17. The molecule has 24 nitrogen and oxygen atoms in total. The minimum atomic E-state index is -1.35. The van der Waals surface area contributed by atoms with Gasteiger partial charge >= 0.3 is 0 Å². The Hall–Kier alpha value is -2.76. The van der Waals surface area contributed by atoms with Crippen LogP contribution < -0.4 is 38.1 Å². The molecule has 0 aliphatic carbocycles. The van der Waals surface area contributed by atoms with Crippen molar-refractivity contribution < 1.29 is 83.0 Å². The van der Waals surface area contributed by atoms with Crippen molar-refractivity contribution in [3.05, 3.63) is 0 Å². The molecule has 15 N–H and O–H groups in total. The number of hydrogen-bond donors (Lipinski definition) is 13. The van der Waals surface area contributed by atoms with Crippen molar-refractivity contribution in [2.75, 3.05) is 67.0 Å². The van der Waals surface area contributed by atoms with E-state index in [1.165, 1.54) is 27.7 Å². The van der Waals surface area contributed by atoms with Crippen LogP contribution in [0, 0.1) is 11.3 Å². The van der Waals surface area contributed by atoms with Crippen LogP contribution in [-0.4, -0.2) is 204 Å². The molecule has 0 spiro atoms. The Morgan fingerprint density at radius 2 is 1.03 bits per heavy atom. The van der Waals surface area contributed by atoms with Crippen molar-refractivity contribution in [2.45, 2.75) is 212 Å². The highest BCUT2D eigenvalue weighted by atomic mass is 16.7. The third kappa shape index (κ3) is 27.2. The van der Waals surface area contributed by atoms with E-state index in [4.69, 9.17) is 44.6 Å². The fourth-order valence-electron chi connectivity index (χ4n) is 8.50. The fourth-order valence-corrected chi connectivity index (χ4v) is 8.50. The number of aliphatic hydroxyl groups is 6. The lowest BCUT2D eigenvalue weighted by molar-refractivity contribution is -0.254. The molecule has 0 fully saturated rings. The van der Waals surface area contributed by atoms with E-state index in [0.29, 0.717) is 6.42 Å². The summed E-state index contributed by atoms with van der Waals surface area (Å²) >= 11 is 0. The molecule has 0 aliphatic rings. The average molecular weight is 1060 g/mol. The van der Waals surface area contributed by atoms with Gasteiger partial charge in [0.15, 0.2) is 12.6 Å². The monoisotopic (exact) mass is 1060 g/mol. The van der Waals surface area contributed by atoms with E-state index in [-0.39, 0.29) is 57.5 Å². The van der Waals surface area contributed by atoms with Gasteiger partial charge in [-0.05, 0) is 89.1 Å². The van der Waals surface area contributed by atoms with Crippen molar-refractivity contribution in [1.82, 2.24) is 26.6 Å². The lowest BCUT2D eigenvalue weighted by atomic mass is 9.80. The highest BCUT2D eigenvalue weighted by Gasteiger charge is 2.43. The highest BCUT2D eigenvalue weighted by molar-refractivity contribution is 5.82. The lowest BCUT2D eigenvalue weighted by Gasteiger charge is -2.42. The van der Waals surface area contributed by atoms with Crippen LogP contribution in [0.4, 0.5) is 0 Å². The van der Waals surface area contributed by atoms with Gasteiger partial charge in [0.05, 0.1) is 92.1 Å². The molecule has 4 amide bonds. The number of carbonyl (C=O) groups is 4. The second kappa shape index (κ2) is 30.8. The zero-order valence-electron chi connectivity index (χ0n) is 47.0. The maximum Gasteiger partial charge on any atom is 0.227 e. The fraction of sp³-hybridized carbons (Fsp3) is 0.918. The normalized spacial score (nSPS) is 19.1. The van der Waals surface area contributed by atoms with Gasteiger partial charge in [0, 0.05) is 51.7 Å². The van der Waals surface area contributed by atoms with Crippen LogP contribution in [0.5, 0.6) is 0 Å². The summed E-state index contributed by atoms with van der Waals surface area (Å²) in [6.45, 7) is 22.7. The van der Waals surface area contributed by atoms with E-state index >= 15 is 0 Å². The molecule has 0 aromatic rings. The molecule has 0 heterocycles. The molecule has 0 aromatic heterocycles. The molecular weight excluding hydrogens is 959 g/mol. The van der Waals surface area contributed by atoms with E-state index in [9.17, 15) is 49.8 Å². The maximum absolute atomic E-state index is 14.0. The molecule has 0 aliphatic heterocycles. The van der Waals surface area contributed by atoms with Crippen LogP contribution in [0.2, 0.25) is 0 Å². The van der Waals surface area contributed by atoms with Crippen molar-refractivity contribution in [3.63, 3.8) is 0 Å². The van der Waals surface area contributed by atoms with Crippen LogP contribution >= 0.6 is 0 Å². The third-order valence-electron chi connectivity index (χ3n) is 11.8. The number of likely N-dealkylation sites (N-methyl/N-ethyl adjacent to an activating group) is 1. The zero-order valence-corrected chi connectivity index (χ0v) is 47.0. The van der Waals surface area contributed by atoms with Crippen molar-refractivity contribution in [1.29, 1.82) is 0 Å². The Bertz CT molecular complexity index is 1650. The number of ether oxygens (including phenoxy) is 7. The first-order valence-corrected chi connectivity index (χ1v) is 24.9. The van der Waals surface area contributed by atoms with Crippen molar-refractivity contribution in [2.24, 2.45) is 22.8 Å². The molecule has 0 saturated heterocycles. The first-order valence-electron chi connectivity index (χ1n) is 24.9. The maximum atomic E-state index is 14.0. The van der Waals surface area contributed by atoms with Gasteiger partial charge in [-0.15, -0.1) is 0 Å². The van der Waals surface area contributed by atoms with E-state index in [1.807, 2.05) is 13.8 Å². The standard InChI is InChI=1S/C49H99N7O17/c1-30(39(65)55-47(14,50)25-45(10,11)72-40(35(20-57)53-33(4)63)70-37(22-59)31(2)61)18-19-68-28-49(52-16,27-67-17)29-69-44(8,9)24-43(6,7)42(66)56-48(15,51)26-46(12,13)73-41(36(21-58)54-34(5)64)71-38(23-60)32(3)62/h30-32,35-38,40-41,52,57-62H,18-29,50-51H2,1-17H3,(H,53,63)(H,54,64)(H,55,65)(H,56,66)/t30?,31-,32-,35+,36+,37?,38?,40?,41?,47?,48?,49?/m1/s1. The van der Waals surface area contributed by atoms with Gasteiger partial charge in [-0.2, -0.15) is 0 Å². The quantitative estimate of drug-likeness (QED) is 0.0258. The van der Waals surface area contributed by atoms with Gasteiger partial charge in [-0.3, -0.25) is 19.2 Å². The van der Waals surface area contributed by atoms with E-state index in [0.717, 1.165) is 0 Å². The SMILES string of the molecule is CNC(COC)(COCCC(C)C(=O)NC(C)(N)CC(C)(C)OC(OC(CO)[C@@H](C)O)[C@H](CO)NC(C)=O)COC(C)(C)CC(C)(C)C(=O)NC(C)(N)CC(C)(C)OC(OC(CO)[C@@H](C)O)[C@H](CO)NC(C)=O. The summed E-state index contributed by atoms with van der Waals surface area (Å²) in [6.07, 6.45) is -6.40. The molecule has 0 saturated carbocycles. The van der Waals surface area contributed by atoms with Gasteiger partial charge in [-0.25, -0.2) is 0 Å². The second-order valence-electron chi connectivity index (χ2n) is 22.6. The number of methoxy groups -OCH3 is 1. The number of nitrogens with two attached hydrogens (primary N) is 2. The van der Waals surface area contributed by atoms with Gasteiger partial charge < -0.3 is 102 Å². The Labute approximate surface area is 434 Å². The first-order chi connectivity index (χ1) is 33.3. The number of nitrogens with one attached hydrogen (secondary N) is 5. The van der Waals surface area contributed by atoms with Crippen LogP contribution in [0.15, 0.2) is 0 Å². The van der Waals surface area contributed by atoms with Gasteiger partial charge in [-0.1, -0.05) is 20.8 Å². The lowest BCUT2D eigenvalue weighted by Crippen LogP contribution is -2.61. The number of hydrogen-bond acceptors (Lipinski definition) is 20. The molecule has 24 heteroatoms. The predicted octanol–water partition coefficient (Wildman–Crippen LogP) is -1.04. The number of amides is 4. The molecule has 8 unspecified atom stereocenters. The topological polar surface area (TPSA) is 366 Å². The van der Waals surface area contributed by atoms with E-state index in [1.54, 1.807) is 76.5 Å². The van der Waals surface area contributed by atoms with E-state index in [2.05, 4.69) is 26.6 Å². The smallest absolute Gasteiger partial charge is 0.227 e. The van der Waals surface area contributed by atoms with Gasteiger partial charge in [0.25, 0.3) is 0 Å². The largest absolute Gasteiger partial charge is 0.394 e. The summed E-state index contributed by atoms with van der Waals surface area (Å²) in [6, 6.07) is -2.12. The zero-order chi connectivity index (χ0) is 57.0. The molecule has 73 heavy (non-hydrogen) atoms. The molecule has 0 rings (SSSR count). The van der Waals surface area contributed by atoms with Crippen LogP contribution in [0.25, 0.3) is 0 Å². The Kier molecular flexibility index (Phi) is 29.7. The third-order valence-corrected chi connectivity index (χ3v) is 11.8. The molecule has 12 atom stereocenters. The summed E-state index contributed by atoms with van der Waals surface area (Å²) in [5.41, 5.74) is 5.62. The summed E-state index contributed by atoms with van der Waals surface area (Å²) in [5, 5.41) is 74.1. The summed E-state index contributed by atoms with van der Waals surface area (Å²) in [7, 11) is 3.30. The van der Waals surface area contributed by atoms with Crippen LogP contribution in [-0.2, 0) is 52.3 Å². The molecule has 0 aromatic carbocycles. The van der Waals surface area contributed by atoms with Gasteiger partial charge in [0.2, 0.25) is 23.6 Å². The minimum absolute atomic E-state index is 0.0244. The van der Waals surface area contributed by atoms with Crippen molar-refractivity contribution in [3.8, 4) is 0 Å². The van der Waals surface area contributed by atoms with Crippen LogP contribution in [0.1, 0.15) is 130 Å². The van der Waals surface area contributed by atoms with Crippen LogP contribution in [0.3, 0.4) is 0 Å². The Balaban J connectivity index is 5.74. The van der Waals surface area contributed by atoms with Gasteiger partial charge in [0.1, 0.15) is 24.3 Å². The van der Waals surface area contributed by atoms with E-state index < -0.39 is 132 Å². The Morgan fingerprint density at radius 3 is 1.38 bits per heavy atom. The summed E-state index contributed by atoms with van der Waals surface area (Å²) in [4.78, 5) is 51.2. The predicted molar refractivity (Wildman–Crippen MR) is 272 cm³/mol. The highest BCUT2D eigenvalue weighted by Crippen LogP contribution is 2.33. The number of rotatable bonds is 39. The first kappa shape index (κ1) is 70.2. The minimum Gasteiger partial charge on any atom is -0.394 e. The van der Waals surface area contributed by atoms with Crippen molar-refractivity contribution >= 4 is 23.6 Å². The summed E-state index contributed by atoms with van der Waals surface area (Å²) < 4.78 is 42.3. The average Bonchev–Trinajstić information content (AvgIpc) is 3.23. The summed E-state index contributed by atoms with van der Waals surface area (Å²) in [5.74, 6) is -2.20. The number of aliphatic hydroxyl groups excluding tert-OH is 6. The Morgan fingerprint density at radius 1 is 0.603 bits per heavy atom.